The summed E-state index contributed by atoms with van der Waals surface area (Å²) in [6.07, 6.45) is 0. The third-order valence-corrected chi connectivity index (χ3v) is 5.93. The van der Waals surface area contributed by atoms with E-state index in [4.69, 9.17) is 4.42 Å². The van der Waals surface area contributed by atoms with Crippen LogP contribution in [0.3, 0.4) is 0 Å². The smallest absolute Gasteiger partial charge is 0.295 e. The molecule has 4 rings (SSSR count). The Morgan fingerprint density at radius 2 is 1.96 bits per heavy atom. The van der Waals surface area contributed by atoms with Gasteiger partial charge < -0.3 is 4.42 Å². The summed E-state index contributed by atoms with van der Waals surface area (Å²) < 4.78 is 34.2. The lowest BCUT2D eigenvalue weighted by molar-refractivity contribution is 0.479. The molecule has 0 amide bonds. The van der Waals surface area contributed by atoms with Crippen molar-refractivity contribution in [2.24, 2.45) is 0 Å². The summed E-state index contributed by atoms with van der Waals surface area (Å²) in [5.41, 5.74) is 3.27. The van der Waals surface area contributed by atoms with Crippen LogP contribution in [0.25, 0.3) is 22.4 Å². The number of aromatic nitrogens is 4. The number of aryl methyl sites for hydroxylation is 1. The third kappa shape index (κ3) is 3.24. The standard InChI is InChI=1S/C19H19N5O3S/c1-11(2)13-7-8-17-16(10-13)12(3)19(27-17)28(25,26)22-15-6-4-5-14(9-15)18-20-23-24-21-18/h4-11,22H,1-3H3,(H,20,21,23,24). The Labute approximate surface area is 162 Å². The van der Waals surface area contributed by atoms with Gasteiger partial charge in [0.05, 0.1) is 0 Å². The molecule has 0 aliphatic heterocycles. The van der Waals surface area contributed by atoms with E-state index in [0.717, 1.165) is 10.9 Å². The van der Waals surface area contributed by atoms with Crippen LogP contribution >= 0.6 is 0 Å². The topological polar surface area (TPSA) is 114 Å². The van der Waals surface area contributed by atoms with Gasteiger partial charge in [0.25, 0.3) is 10.0 Å². The van der Waals surface area contributed by atoms with Crippen LogP contribution in [0, 0.1) is 6.92 Å². The number of fused-ring (bicyclic) bond motifs is 1. The van der Waals surface area contributed by atoms with Gasteiger partial charge in [0, 0.05) is 22.2 Å². The van der Waals surface area contributed by atoms with E-state index in [1.165, 1.54) is 0 Å². The zero-order valence-corrected chi connectivity index (χ0v) is 16.4. The number of benzene rings is 2. The van der Waals surface area contributed by atoms with Crippen LogP contribution in [0.5, 0.6) is 0 Å². The average molecular weight is 397 g/mol. The van der Waals surface area contributed by atoms with Crippen molar-refractivity contribution in [2.75, 3.05) is 4.72 Å². The second-order valence-electron chi connectivity index (χ2n) is 6.85. The first-order valence-corrected chi connectivity index (χ1v) is 10.2. The number of nitrogens with zero attached hydrogens (tertiary/aromatic N) is 3. The molecule has 2 aromatic carbocycles. The Hall–Kier alpha value is -3.20. The van der Waals surface area contributed by atoms with Gasteiger partial charge in [-0.25, -0.2) is 0 Å². The zero-order valence-electron chi connectivity index (χ0n) is 15.6. The number of H-pyrrole nitrogens is 1. The summed E-state index contributed by atoms with van der Waals surface area (Å²) in [5.74, 6) is 0.715. The number of hydrogen-bond donors (Lipinski definition) is 2. The first kappa shape index (κ1) is 18.2. The normalized spacial score (nSPS) is 12.0. The number of furan rings is 1. The molecule has 0 radical (unpaired) electrons. The number of aromatic amines is 1. The van der Waals surface area contributed by atoms with Gasteiger partial charge in [0.15, 0.2) is 0 Å². The summed E-state index contributed by atoms with van der Waals surface area (Å²) in [5, 5.41) is 14.4. The lowest BCUT2D eigenvalue weighted by Gasteiger charge is -2.07. The summed E-state index contributed by atoms with van der Waals surface area (Å²) >= 11 is 0. The highest BCUT2D eigenvalue weighted by Gasteiger charge is 2.24. The van der Waals surface area contributed by atoms with Gasteiger partial charge in [0.2, 0.25) is 10.9 Å². The van der Waals surface area contributed by atoms with Crippen LogP contribution in [0.1, 0.15) is 30.9 Å². The maximum absolute atomic E-state index is 13.0. The number of rotatable bonds is 5. The lowest BCUT2D eigenvalue weighted by Crippen LogP contribution is -2.13. The fraction of sp³-hybridized carbons (Fsp3) is 0.211. The molecule has 4 aromatic rings. The van der Waals surface area contributed by atoms with Crippen LogP contribution < -0.4 is 4.72 Å². The van der Waals surface area contributed by atoms with Crippen molar-refractivity contribution in [1.82, 2.24) is 20.6 Å². The lowest BCUT2D eigenvalue weighted by atomic mass is 10.0. The van der Waals surface area contributed by atoms with E-state index >= 15 is 0 Å². The van der Waals surface area contributed by atoms with E-state index in [2.05, 4.69) is 39.2 Å². The second-order valence-corrected chi connectivity index (χ2v) is 8.43. The highest BCUT2D eigenvalue weighted by atomic mass is 32.2. The third-order valence-electron chi connectivity index (χ3n) is 4.55. The molecule has 0 spiro atoms. The largest absolute Gasteiger partial charge is 0.442 e. The van der Waals surface area contributed by atoms with E-state index < -0.39 is 10.0 Å². The van der Waals surface area contributed by atoms with Gasteiger partial charge in [-0.3, -0.25) is 4.72 Å². The zero-order chi connectivity index (χ0) is 19.9. The van der Waals surface area contributed by atoms with E-state index in [1.807, 2.05) is 18.2 Å². The Balaban J connectivity index is 1.71. The van der Waals surface area contributed by atoms with E-state index in [1.54, 1.807) is 31.2 Å². The molecule has 0 atom stereocenters. The SMILES string of the molecule is Cc1c(S(=O)(=O)Nc2cccc(-c3nn[nH]n3)c2)oc2ccc(C(C)C)cc12. The van der Waals surface area contributed by atoms with Crippen LogP contribution in [0.4, 0.5) is 5.69 Å². The van der Waals surface area contributed by atoms with Crippen molar-refractivity contribution >= 4 is 26.7 Å². The van der Waals surface area contributed by atoms with Gasteiger partial charge in [-0.2, -0.15) is 13.6 Å². The molecule has 0 aliphatic rings. The minimum absolute atomic E-state index is 0.0895. The summed E-state index contributed by atoms with van der Waals surface area (Å²) in [6, 6.07) is 12.5. The number of hydrogen-bond acceptors (Lipinski definition) is 6. The molecule has 2 N–H and O–H groups in total. The highest BCUT2D eigenvalue weighted by molar-refractivity contribution is 7.92. The Kier molecular flexibility index (Phi) is 4.38. The molecule has 0 bridgehead atoms. The van der Waals surface area contributed by atoms with Crippen molar-refractivity contribution in [3.8, 4) is 11.4 Å². The first-order chi connectivity index (χ1) is 13.3. The number of nitrogens with one attached hydrogen (secondary N) is 2. The molecule has 2 aromatic heterocycles. The number of tetrazole rings is 1. The quantitative estimate of drug-likeness (QED) is 0.529. The highest BCUT2D eigenvalue weighted by Crippen LogP contribution is 2.32. The van der Waals surface area contributed by atoms with Crippen LogP contribution in [0.15, 0.2) is 52.0 Å². The maximum Gasteiger partial charge on any atom is 0.295 e. The van der Waals surface area contributed by atoms with E-state index in [9.17, 15) is 8.42 Å². The summed E-state index contributed by atoms with van der Waals surface area (Å²) in [7, 11) is -3.91. The van der Waals surface area contributed by atoms with Crippen molar-refractivity contribution in [3.05, 3.63) is 53.6 Å². The molecular weight excluding hydrogens is 378 g/mol. The van der Waals surface area contributed by atoms with Gasteiger partial charge in [0.1, 0.15) is 5.58 Å². The van der Waals surface area contributed by atoms with E-state index in [-0.39, 0.29) is 5.09 Å². The molecule has 8 nitrogen and oxygen atoms in total. The van der Waals surface area contributed by atoms with Crippen LogP contribution in [0.2, 0.25) is 0 Å². The van der Waals surface area contributed by atoms with Crippen molar-refractivity contribution in [2.45, 2.75) is 31.8 Å². The molecule has 0 saturated heterocycles. The molecule has 28 heavy (non-hydrogen) atoms. The first-order valence-electron chi connectivity index (χ1n) is 8.75. The average Bonchev–Trinajstić information content (AvgIpc) is 3.30. The maximum atomic E-state index is 13.0. The van der Waals surface area contributed by atoms with Crippen molar-refractivity contribution in [3.63, 3.8) is 0 Å². The molecule has 0 aliphatic carbocycles. The fourth-order valence-electron chi connectivity index (χ4n) is 3.04. The van der Waals surface area contributed by atoms with Crippen LogP contribution in [-0.2, 0) is 10.0 Å². The van der Waals surface area contributed by atoms with Gasteiger partial charge in [-0.05, 0) is 47.9 Å². The fourth-order valence-corrected chi connectivity index (χ4v) is 4.28. The predicted octanol–water partition coefficient (Wildman–Crippen LogP) is 3.85. The molecule has 2 heterocycles. The predicted molar refractivity (Wildman–Crippen MR) is 105 cm³/mol. The van der Waals surface area contributed by atoms with Gasteiger partial charge >= 0.3 is 0 Å². The molecule has 0 saturated carbocycles. The molecule has 0 unspecified atom stereocenters. The molecule has 144 valence electrons. The van der Waals surface area contributed by atoms with Crippen LogP contribution in [-0.4, -0.2) is 29.0 Å². The minimum Gasteiger partial charge on any atom is -0.442 e. The number of anilines is 1. The van der Waals surface area contributed by atoms with Gasteiger partial charge in [-0.15, -0.1) is 10.2 Å². The Bertz CT molecular complexity index is 1240. The number of sulfonamides is 1. The monoisotopic (exact) mass is 397 g/mol. The van der Waals surface area contributed by atoms with E-state index in [0.29, 0.717) is 34.1 Å². The summed E-state index contributed by atoms with van der Waals surface area (Å²) in [6.45, 7) is 5.93. The second kappa shape index (κ2) is 6.75. The van der Waals surface area contributed by atoms with Gasteiger partial charge in [-0.1, -0.05) is 32.0 Å². The minimum atomic E-state index is -3.91. The van der Waals surface area contributed by atoms with Crippen molar-refractivity contribution in [1.29, 1.82) is 0 Å². The molecule has 9 heteroatoms. The Morgan fingerprint density at radius 3 is 2.68 bits per heavy atom. The molecular formula is C19H19N5O3S. The molecule has 0 fully saturated rings. The summed E-state index contributed by atoms with van der Waals surface area (Å²) in [4.78, 5) is 0. The van der Waals surface area contributed by atoms with Crippen molar-refractivity contribution < 1.29 is 12.8 Å². The Morgan fingerprint density at radius 1 is 1.14 bits per heavy atom.